The van der Waals surface area contributed by atoms with Crippen LogP contribution in [-0.2, 0) is 4.79 Å². The van der Waals surface area contributed by atoms with Crippen LogP contribution in [0.3, 0.4) is 0 Å². The Morgan fingerprint density at radius 2 is 2.07 bits per heavy atom. The average Bonchev–Trinajstić information content (AvgIpc) is 3.02. The molecule has 0 aliphatic heterocycles. The van der Waals surface area contributed by atoms with E-state index in [0.29, 0.717) is 27.3 Å². The Labute approximate surface area is 165 Å². The summed E-state index contributed by atoms with van der Waals surface area (Å²) < 4.78 is 1.33. The van der Waals surface area contributed by atoms with Crippen molar-refractivity contribution < 1.29 is 4.79 Å². The number of nitrogens with two attached hydrogens (primary N) is 1. The number of carbonyl (C=O) groups excluding carboxylic acids is 1. The van der Waals surface area contributed by atoms with Crippen molar-refractivity contribution in [2.75, 3.05) is 11.2 Å². The van der Waals surface area contributed by atoms with Crippen LogP contribution in [0.15, 0.2) is 53.7 Å². The van der Waals surface area contributed by atoms with Gasteiger partial charge in [-0.1, -0.05) is 41.6 Å². The zero-order valence-corrected chi connectivity index (χ0v) is 15.8. The summed E-state index contributed by atoms with van der Waals surface area (Å²) in [7, 11) is 0. The minimum atomic E-state index is -0.477. The molecule has 0 saturated heterocycles. The monoisotopic (exact) mass is 398 g/mol. The summed E-state index contributed by atoms with van der Waals surface area (Å²) in [6, 6.07) is 15.9. The van der Waals surface area contributed by atoms with E-state index in [-0.39, 0.29) is 5.91 Å². The molecule has 1 unspecified atom stereocenters. The quantitative estimate of drug-likeness (QED) is 0.504. The number of amides is 1. The van der Waals surface area contributed by atoms with Crippen molar-refractivity contribution in [1.82, 2.24) is 14.9 Å². The van der Waals surface area contributed by atoms with Gasteiger partial charge in [-0.25, -0.2) is 4.68 Å². The minimum absolute atomic E-state index is 0.234. The summed E-state index contributed by atoms with van der Waals surface area (Å²) in [5, 5.41) is 20.4. The summed E-state index contributed by atoms with van der Waals surface area (Å²) in [5.41, 5.74) is 1.76. The van der Waals surface area contributed by atoms with Gasteiger partial charge < -0.3 is 11.2 Å². The Hall–Kier alpha value is -3.02. The molecule has 7 nitrogen and oxygen atoms in total. The van der Waals surface area contributed by atoms with E-state index in [1.165, 1.54) is 16.4 Å². The molecule has 3 aromatic rings. The second-order valence-electron chi connectivity index (χ2n) is 5.63. The Morgan fingerprint density at radius 3 is 2.81 bits per heavy atom. The fourth-order valence-corrected chi connectivity index (χ4v) is 3.26. The van der Waals surface area contributed by atoms with E-state index in [1.54, 1.807) is 49.4 Å². The number of hydrogen-bond acceptors (Lipinski definition) is 6. The number of hydrogen-bond donors (Lipinski definition) is 2. The van der Waals surface area contributed by atoms with Crippen molar-refractivity contribution in [3.8, 4) is 17.5 Å². The Morgan fingerprint density at radius 1 is 1.30 bits per heavy atom. The largest absolute Gasteiger partial charge is 0.335 e. The highest BCUT2D eigenvalue weighted by Gasteiger charge is 2.20. The fourth-order valence-electron chi connectivity index (χ4n) is 2.30. The van der Waals surface area contributed by atoms with Crippen molar-refractivity contribution in [3.05, 3.63) is 59.1 Å². The second kappa shape index (κ2) is 8.12. The molecule has 136 valence electrons. The maximum Gasteiger partial charge on any atom is 0.237 e. The van der Waals surface area contributed by atoms with Crippen molar-refractivity contribution in [2.24, 2.45) is 0 Å². The van der Waals surface area contributed by atoms with Gasteiger partial charge in [0.25, 0.3) is 0 Å². The van der Waals surface area contributed by atoms with Gasteiger partial charge in [0.15, 0.2) is 5.82 Å². The van der Waals surface area contributed by atoms with Gasteiger partial charge in [0.1, 0.15) is 0 Å². The summed E-state index contributed by atoms with van der Waals surface area (Å²) in [6.07, 6.45) is 0. The van der Waals surface area contributed by atoms with Gasteiger partial charge in [0.2, 0.25) is 11.1 Å². The first kappa shape index (κ1) is 18.8. The fraction of sp³-hybridized carbons (Fsp3) is 0.111. The highest BCUT2D eigenvalue weighted by atomic mass is 35.5. The van der Waals surface area contributed by atoms with Crippen LogP contribution in [-0.4, -0.2) is 26.0 Å². The molecule has 1 aromatic heterocycles. The van der Waals surface area contributed by atoms with Gasteiger partial charge in [-0.3, -0.25) is 4.79 Å². The predicted octanol–water partition coefficient (Wildman–Crippen LogP) is 3.30. The first-order valence-electron chi connectivity index (χ1n) is 7.92. The van der Waals surface area contributed by atoms with Crippen molar-refractivity contribution in [3.63, 3.8) is 0 Å². The van der Waals surface area contributed by atoms with Gasteiger partial charge in [-0.15, -0.1) is 10.2 Å². The Balaban J connectivity index is 1.71. The molecular formula is C18H15ClN6OS. The van der Waals surface area contributed by atoms with Gasteiger partial charge in [-0.2, -0.15) is 5.26 Å². The number of rotatable bonds is 5. The van der Waals surface area contributed by atoms with E-state index >= 15 is 0 Å². The highest BCUT2D eigenvalue weighted by molar-refractivity contribution is 8.00. The number of thioether (sulfide) groups is 1. The summed E-state index contributed by atoms with van der Waals surface area (Å²) >= 11 is 7.18. The summed E-state index contributed by atoms with van der Waals surface area (Å²) in [4.78, 5) is 12.4. The number of carbonyl (C=O) groups is 1. The lowest BCUT2D eigenvalue weighted by Gasteiger charge is -2.11. The highest BCUT2D eigenvalue weighted by Crippen LogP contribution is 2.26. The smallest absolute Gasteiger partial charge is 0.237 e. The molecule has 1 amide bonds. The molecule has 27 heavy (non-hydrogen) atoms. The van der Waals surface area contributed by atoms with Crippen LogP contribution in [0.1, 0.15) is 12.5 Å². The summed E-state index contributed by atoms with van der Waals surface area (Å²) in [5.74, 6) is 6.30. The van der Waals surface area contributed by atoms with Crippen molar-refractivity contribution >= 4 is 35.0 Å². The number of nitrogens with zero attached hydrogens (tertiary/aromatic N) is 4. The molecule has 0 bridgehead atoms. The average molecular weight is 399 g/mol. The van der Waals surface area contributed by atoms with Crippen LogP contribution < -0.4 is 11.2 Å². The van der Waals surface area contributed by atoms with Gasteiger partial charge >= 0.3 is 0 Å². The molecule has 1 atom stereocenters. The zero-order valence-electron chi connectivity index (χ0n) is 14.3. The number of nitrogen functional groups attached to an aromatic ring is 1. The SMILES string of the molecule is CC(Sc1nnc(-c2cccc(Cl)c2)n1N)C(=O)Nc1cccc(C#N)c1. The van der Waals surface area contributed by atoms with E-state index in [4.69, 9.17) is 22.7 Å². The lowest BCUT2D eigenvalue weighted by atomic mass is 10.2. The maximum atomic E-state index is 12.4. The predicted molar refractivity (Wildman–Crippen MR) is 106 cm³/mol. The molecule has 0 radical (unpaired) electrons. The molecule has 0 spiro atoms. The molecule has 0 saturated carbocycles. The van der Waals surface area contributed by atoms with Crippen molar-refractivity contribution in [1.29, 1.82) is 5.26 Å². The zero-order chi connectivity index (χ0) is 19.4. The third-order valence-electron chi connectivity index (χ3n) is 3.66. The van der Waals surface area contributed by atoms with Crippen LogP contribution >= 0.6 is 23.4 Å². The number of nitrogens with one attached hydrogen (secondary N) is 1. The molecule has 0 aliphatic rings. The first-order chi connectivity index (χ1) is 13.0. The molecule has 9 heteroatoms. The van der Waals surface area contributed by atoms with Gasteiger partial charge in [0.05, 0.1) is 16.9 Å². The lowest BCUT2D eigenvalue weighted by molar-refractivity contribution is -0.115. The number of aromatic nitrogens is 3. The first-order valence-corrected chi connectivity index (χ1v) is 9.18. The molecule has 0 fully saturated rings. The summed E-state index contributed by atoms with van der Waals surface area (Å²) in [6.45, 7) is 1.74. The van der Waals surface area contributed by atoms with Crippen LogP contribution in [0.4, 0.5) is 5.69 Å². The van der Waals surface area contributed by atoms with E-state index < -0.39 is 5.25 Å². The Kier molecular flexibility index (Phi) is 5.64. The number of anilines is 1. The van der Waals surface area contributed by atoms with E-state index in [0.717, 1.165) is 5.56 Å². The van der Waals surface area contributed by atoms with Crippen LogP contribution in [0.5, 0.6) is 0 Å². The maximum absolute atomic E-state index is 12.4. The van der Waals surface area contributed by atoms with Gasteiger partial charge in [-0.05, 0) is 37.3 Å². The third-order valence-corrected chi connectivity index (χ3v) is 4.95. The topological polar surface area (TPSA) is 110 Å². The molecular weight excluding hydrogens is 384 g/mol. The normalized spacial score (nSPS) is 11.6. The minimum Gasteiger partial charge on any atom is -0.335 e. The van der Waals surface area contributed by atoms with Crippen LogP contribution in [0.2, 0.25) is 5.02 Å². The molecule has 2 aromatic carbocycles. The van der Waals surface area contributed by atoms with E-state index in [9.17, 15) is 4.79 Å². The van der Waals surface area contributed by atoms with E-state index in [1.807, 2.05) is 12.1 Å². The molecule has 3 rings (SSSR count). The van der Waals surface area contributed by atoms with Crippen molar-refractivity contribution in [2.45, 2.75) is 17.3 Å². The molecule has 3 N–H and O–H groups in total. The number of benzene rings is 2. The standard InChI is InChI=1S/C18H15ClN6OS/c1-11(17(26)22-15-7-2-4-12(8-15)10-20)27-18-24-23-16(25(18)21)13-5-3-6-14(19)9-13/h2-9,11H,21H2,1H3,(H,22,26). The van der Waals surface area contributed by atoms with E-state index in [2.05, 4.69) is 15.5 Å². The second-order valence-corrected chi connectivity index (χ2v) is 7.37. The molecule has 1 heterocycles. The Bertz CT molecular complexity index is 1030. The van der Waals surface area contributed by atoms with Crippen LogP contribution in [0.25, 0.3) is 11.4 Å². The molecule has 0 aliphatic carbocycles. The van der Waals surface area contributed by atoms with Gasteiger partial charge in [0, 0.05) is 16.3 Å². The lowest BCUT2D eigenvalue weighted by Crippen LogP contribution is -2.23. The van der Waals surface area contributed by atoms with Crippen LogP contribution in [0, 0.1) is 11.3 Å². The number of halogens is 1. The number of nitriles is 1. The third kappa shape index (κ3) is 4.39.